The maximum atomic E-state index is 13.4. The molecule has 6 nitrogen and oxygen atoms in total. The van der Waals surface area contributed by atoms with E-state index < -0.39 is 0 Å². The third-order valence-corrected chi connectivity index (χ3v) is 6.56. The van der Waals surface area contributed by atoms with Gasteiger partial charge in [0.15, 0.2) is 5.43 Å². The molecule has 6 heteroatoms. The highest BCUT2D eigenvalue weighted by atomic mass is 16.5. The Balaban J connectivity index is 1.38. The van der Waals surface area contributed by atoms with Gasteiger partial charge in [-0.2, -0.15) is 0 Å². The van der Waals surface area contributed by atoms with Gasteiger partial charge in [0, 0.05) is 48.5 Å². The lowest BCUT2D eigenvalue weighted by Gasteiger charge is -2.36. The van der Waals surface area contributed by atoms with Crippen LogP contribution in [0.1, 0.15) is 34.5 Å². The highest BCUT2D eigenvalue weighted by Gasteiger charge is 2.25. The lowest BCUT2D eigenvalue weighted by molar-refractivity contribution is 0.0748. The zero-order valence-corrected chi connectivity index (χ0v) is 17.8. The summed E-state index contributed by atoms with van der Waals surface area (Å²) in [6.45, 7) is 2.84. The van der Waals surface area contributed by atoms with Crippen LogP contribution in [-0.4, -0.2) is 49.1 Å². The molecule has 1 fully saturated rings. The molecule has 0 radical (unpaired) electrons. The fraction of sp³-hybridized carbons (Fsp3) is 0.360. The summed E-state index contributed by atoms with van der Waals surface area (Å²) < 4.78 is 5.24. The molecule has 0 saturated carbocycles. The lowest BCUT2D eigenvalue weighted by Crippen LogP contribution is -2.48. The number of carbonyl (C=O) groups excluding carboxylic acids is 1. The number of rotatable bonds is 3. The number of anilines is 1. The van der Waals surface area contributed by atoms with Crippen LogP contribution in [0.4, 0.5) is 5.69 Å². The van der Waals surface area contributed by atoms with Crippen LogP contribution in [0.25, 0.3) is 10.9 Å². The number of aromatic nitrogens is 1. The van der Waals surface area contributed by atoms with Crippen LogP contribution in [0.15, 0.2) is 47.3 Å². The summed E-state index contributed by atoms with van der Waals surface area (Å²) in [6, 6.07) is 13.5. The van der Waals surface area contributed by atoms with E-state index in [0.717, 1.165) is 61.5 Å². The molecule has 1 amide bonds. The van der Waals surface area contributed by atoms with E-state index in [1.54, 1.807) is 7.11 Å². The molecule has 1 aliphatic heterocycles. The van der Waals surface area contributed by atoms with Crippen molar-refractivity contribution >= 4 is 22.5 Å². The number of H-pyrrole nitrogens is 1. The van der Waals surface area contributed by atoms with Gasteiger partial charge in [-0.15, -0.1) is 0 Å². The number of carbonyl (C=O) groups is 1. The fourth-order valence-electron chi connectivity index (χ4n) is 4.79. The van der Waals surface area contributed by atoms with Gasteiger partial charge < -0.3 is 19.5 Å². The van der Waals surface area contributed by atoms with Gasteiger partial charge in [0.1, 0.15) is 5.75 Å². The number of ether oxygens (including phenoxy) is 1. The maximum absolute atomic E-state index is 13.4. The van der Waals surface area contributed by atoms with E-state index in [2.05, 4.69) is 22.0 Å². The van der Waals surface area contributed by atoms with Crippen LogP contribution in [0.5, 0.6) is 5.75 Å². The number of para-hydroxylation sites is 1. The van der Waals surface area contributed by atoms with Gasteiger partial charge in [0.05, 0.1) is 18.2 Å². The number of aryl methyl sites for hydroxylation is 1. The summed E-state index contributed by atoms with van der Waals surface area (Å²) in [7, 11) is 1.66. The number of nitrogens with zero attached hydrogens (tertiary/aromatic N) is 2. The lowest BCUT2D eigenvalue weighted by atomic mass is 9.93. The molecule has 2 aromatic carbocycles. The molecule has 2 aliphatic rings. The zero-order chi connectivity index (χ0) is 21.4. The Morgan fingerprint density at radius 2 is 1.71 bits per heavy atom. The molecule has 0 bridgehead atoms. The van der Waals surface area contributed by atoms with Gasteiger partial charge in [0.25, 0.3) is 5.91 Å². The summed E-state index contributed by atoms with van der Waals surface area (Å²) in [5, 5.41) is 0.628. The second-order valence-corrected chi connectivity index (χ2v) is 8.32. The van der Waals surface area contributed by atoms with Crippen molar-refractivity contribution in [3.63, 3.8) is 0 Å². The molecule has 31 heavy (non-hydrogen) atoms. The van der Waals surface area contributed by atoms with Crippen molar-refractivity contribution in [1.29, 1.82) is 0 Å². The molecule has 0 unspecified atom stereocenters. The molecule has 0 spiro atoms. The summed E-state index contributed by atoms with van der Waals surface area (Å²) in [6.07, 6.45) is 3.84. The van der Waals surface area contributed by atoms with E-state index in [9.17, 15) is 9.59 Å². The molecule has 160 valence electrons. The first kappa shape index (κ1) is 19.7. The number of nitrogens with one attached hydrogen (secondary N) is 1. The normalized spacial score (nSPS) is 16.3. The number of aromatic amines is 1. The van der Waals surface area contributed by atoms with Crippen LogP contribution in [-0.2, 0) is 12.8 Å². The van der Waals surface area contributed by atoms with E-state index in [4.69, 9.17) is 4.74 Å². The minimum Gasteiger partial charge on any atom is -0.497 e. The number of fused-ring (bicyclic) bond motifs is 2. The highest BCUT2D eigenvalue weighted by Crippen LogP contribution is 2.24. The molecule has 5 rings (SSSR count). The number of hydrogen-bond acceptors (Lipinski definition) is 4. The molecular weight excluding hydrogens is 390 g/mol. The number of hydrogen-bond donors (Lipinski definition) is 1. The molecular formula is C25H27N3O3. The minimum absolute atomic E-state index is 0.00797. The van der Waals surface area contributed by atoms with E-state index in [1.165, 1.54) is 0 Å². The van der Waals surface area contributed by atoms with Crippen molar-refractivity contribution in [3.8, 4) is 5.75 Å². The molecule has 1 saturated heterocycles. The Labute approximate surface area is 181 Å². The van der Waals surface area contributed by atoms with Gasteiger partial charge >= 0.3 is 0 Å². The molecule has 3 aromatic rings. The molecule has 1 aromatic heterocycles. The monoisotopic (exact) mass is 417 g/mol. The Kier molecular flexibility index (Phi) is 5.14. The summed E-state index contributed by atoms with van der Waals surface area (Å²) in [5.74, 6) is 0.830. The third kappa shape index (κ3) is 3.56. The Hall–Kier alpha value is -3.28. The van der Waals surface area contributed by atoms with Crippen LogP contribution in [0.3, 0.4) is 0 Å². The van der Waals surface area contributed by atoms with Crippen molar-refractivity contribution in [2.75, 3.05) is 38.2 Å². The topological polar surface area (TPSA) is 65.6 Å². The minimum atomic E-state index is -0.00797. The summed E-state index contributed by atoms with van der Waals surface area (Å²) in [4.78, 5) is 34.0. The van der Waals surface area contributed by atoms with Crippen LogP contribution < -0.4 is 15.1 Å². The Morgan fingerprint density at radius 3 is 2.45 bits per heavy atom. The second-order valence-electron chi connectivity index (χ2n) is 8.32. The number of pyridine rings is 1. The first-order valence-corrected chi connectivity index (χ1v) is 11.0. The van der Waals surface area contributed by atoms with Crippen molar-refractivity contribution in [2.45, 2.75) is 25.7 Å². The quantitative estimate of drug-likeness (QED) is 0.710. The van der Waals surface area contributed by atoms with Crippen LogP contribution in [0.2, 0.25) is 0 Å². The average molecular weight is 418 g/mol. The average Bonchev–Trinajstić information content (AvgIpc) is 2.84. The Bertz CT molecular complexity index is 1180. The Morgan fingerprint density at radius 1 is 0.968 bits per heavy atom. The van der Waals surface area contributed by atoms with Gasteiger partial charge in [-0.3, -0.25) is 9.59 Å². The SMILES string of the molecule is COc1ccc(N2CCN(C(=O)c3cccc4c(=O)c5c([nH]c34)CCCC5)CC2)cc1. The van der Waals surface area contributed by atoms with E-state index in [0.29, 0.717) is 29.6 Å². The molecule has 1 aliphatic carbocycles. The van der Waals surface area contributed by atoms with Crippen molar-refractivity contribution in [2.24, 2.45) is 0 Å². The zero-order valence-electron chi connectivity index (χ0n) is 17.8. The standard InChI is InChI=1S/C25H27N3O3/c1-31-18-11-9-17(10-12-18)27-13-15-28(16-14-27)25(30)21-7-4-6-20-23(21)26-22-8-3-2-5-19(22)24(20)29/h4,6-7,9-12H,2-3,5,8,13-16H2,1H3,(H,26,29). The smallest absolute Gasteiger partial charge is 0.256 e. The predicted molar refractivity (Wildman–Crippen MR) is 122 cm³/mol. The number of piperazine rings is 1. The number of amides is 1. The van der Waals surface area contributed by atoms with Crippen LogP contribution in [0, 0.1) is 0 Å². The number of benzene rings is 2. The van der Waals surface area contributed by atoms with E-state index >= 15 is 0 Å². The maximum Gasteiger partial charge on any atom is 0.256 e. The fourth-order valence-corrected chi connectivity index (χ4v) is 4.79. The van der Waals surface area contributed by atoms with Crippen LogP contribution >= 0.6 is 0 Å². The first-order valence-electron chi connectivity index (χ1n) is 11.0. The predicted octanol–water partition coefficient (Wildman–Crippen LogP) is 3.38. The van der Waals surface area contributed by atoms with Gasteiger partial charge in [-0.25, -0.2) is 0 Å². The first-order chi connectivity index (χ1) is 15.2. The van der Waals surface area contributed by atoms with E-state index in [-0.39, 0.29) is 11.3 Å². The molecule has 2 heterocycles. The largest absolute Gasteiger partial charge is 0.497 e. The summed E-state index contributed by atoms with van der Waals surface area (Å²) >= 11 is 0. The van der Waals surface area contributed by atoms with Crippen molar-refractivity contribution in [3.05, 3.63) is 69.5 Å². The van der Waals surface area contributed by atoms with Gasteiger partial charge in [0.2, 0.25) is 0 Å². The van der Waals surface area contributed by atoms with Crippen molar-refractivity contribution in [1.82, 2.24) is 9.88 Å². The molecule has 0 atom stereocenters. The van der Waals surface area contributed by atoms with E-state index in [1.807, 2.05) is 35.2 Å². The molecule has 1 N–H and O–H groups in total. The number of methoxy groups -OCH3 is 1. The highest BCUT2D eigenvalue weighted by molar-refractivity contribution is 6.05. The summed E-state index contributed by atoms with van der Waals surface area (Å²) in [5.41, 5.74) is 4.41. The second kappa shape index (κ2) is 8.10. The van der Waals surface area contributed by atoms with Crippen molar-refractivity contribution < 1.29 is 9.53 Å². The van der Waals surface area contributed by atoms with Gasteiger partial charge in [-0.05, 0) is 62.1 Å². The third-order valence-electron chi connectivity index (χ3n) is 6.56. The van der Waals surface area contributed by atoms with Gasteiger partial charge in [-0.1, -0.05) is 6.07 Å².